The zero-order chi connectivity index (χ0) is 28.5. The molecule has 0 spiro atoms. The Kier molecular flexibility index (Phi) is 6.38. The van der Waals surface area contributed by atoms with Gasteiger partial charge < -0.3 is 4.42 Å². The maximum absolute atomic E-state index is 6.82. The van der Waals surface area contributed by atoms with Gasteiger partial charge in [0.15, 0.2) is 11.8 Å². The van der Waals surface area contributed by atoms with Crippen molar-refractivity contribution in [3.8, 4) is 21.8 Å². The molecule has 6 aromatic rings. The highest BCUT2D eigenvalue weighted by molar-refractivity contribution is 7.21. The molecule has 3 aromatic carbocycles. The van der Waals surface area contributed by atoms with Gasteiger partial charge in [0.2, 0.25) is 5.69 Å². The Morgan fingerprint density at radius 2 is 1.45 bits per heavy atom. The third-order valence-corrected chi connectivity index (χ3v) is 9.26. The van der Waals surface area contributed by atoms with Crippen molar-refractivity contribution in [1.82, 2.24) is 4.98 Å². The standard InChI is InChI=1S/C36H39N2OS/c1-20(2)24-11-10-12-25(21(3)4)31(24)35-37-32-29(40-35)18-16-27-26-15-13-22(5)30(33(26)39-34(27)32)28-17-14-23(19-38(28)9)36(6,7)8/h10-21H,1-9H3/q+1. The molecule has 0 N–H and O–H groups in total. The molecule has 0 aliphatic rings. The lowest BCUT2D eigenvalue weighted by Gasteiger charge is -2.17. The quantitative estimate of drug-likeness (QED) is 0.206. The van der Waals surface area contributed by atoms with Crippen molar-refractivity contribution in [2.45, 2.75) is 72.6 Å². The van der Waals surface area contributed by atoms with Gasteiger partial charge in [0.25, 0.3) is 0 Å². The van der Waals surface area contributed by atoms with E-state index in [1.165, 1.54) is 27.8 Å². The molecular formula is C36H39N2OS+. The van der Waals surface area contributed by atoms with Crippen LogP contribution >= 0.6 is 11.3 Å². The number of hydrogen-bond acceptors (Lipinski definition) is 3. The van der Waals surface area contributed by atoms with Gasteiger partial charge in [-0.2, -0.15) is 0 Å². The lowest BCUT2D eigenvalue weighted by Crippen LogP contribution is -2.33. The number of aromatic nitrogens is 2. The molecule has 0 saturated heterocycles. The second-order valence-corrected chi connectivity index (χ2v) is 13.9. The Balaban J connectivity index is 1.61. The van der Waals surface area contributed by atoms with E-state index in [1.54, 1.807) is 11.3 Å². The average Bonchev–Trinajstić information content (AvgIpc) is 3.49. The van der Waals surface area contributed by atoms with Crippen LogP contribution in [0.25, 0.3) is 54.0 Å². The van der Waals surface area contributed by atoms with E-state index in [4.69, 9.17) is 9.40 Å². The molecule has 0 radical (unpaired) electrons. The van der Waals surface area contributed by atoms with E-state index in [9.17, 15) is 0 Å². The molecule has 3 heterocycles. The topological polar surface area (TPSA) is 29.9 Å². The van der Waals surface area contributed by atoms with Crippen LogP contribution in [0.1, 0.15) is 82.6 Å². The Hall–Kier alpha value is -3.50. The minimum Gasteiger partial charge on any atom is -0.453 e. The largest absolute Gasteiger partial charge is 0.453 e. The molecule has 0 aliphatic heterocycles. The number of nitrogens with zero attached hydrogens (tertiary/aromatic N) is 2. The first-order valence-electron chi connectivity index (χ1n) is 14.3. The molecule has 6 rings (SSSR count). The average molecular weight is 548 g/mol. The molecule has 0 unspecified atom stereocenters. The highest BCUT2D eigenvalue weighted by Crippen LogP contribution is 2.44. The number of aryl methyl sites for hydroxylation is 2. The zero-order valence-electron chi connectivity index (χ0n) is 25.1. The summed E-state index contributed by atoms with van der Waals surface area (Å²) in [5, 5.41) is 3.34. The van der Waals surface area contributed by atoms with Gasteiger partial charge in [0.1, 0.15) is 23.2 Å². The lowest BCUT2D eigenvalue weighted by molar-refractivity contribution is -0.661. The Bertz CT molecular complexity index is 1890. The van der Waals surface area contributed by atoms with Crippen LogP contribution in [0.5, 0.6) is 0 Å². The number of pyridine rings is 1. The van der Waals surface area contributed by atoms with E-state index in [0.717, 1.165) is 48.4 Å². The third-order valence-electron chi connectivity index (χ3n) is 8.22. The van der Waals surface area contributed by atoms with Gasteiger partial charge in [0.05, 0.1) is 10.3 Å². The normalized spacial score (nSPS) is 12.6. The Morgan fingerprint density at radius 1 is 0.800 bits per heavy atom. The van der Waals surface area contributed by atoms with Gasteiger partial charge >= 0.3 is 0 Å². The number of hydrogen-bond donors (Lipinski definition) is 0. The van der Waals surface area contributed by atoms with Crippen LogP contribution in [0.2, 0.25) is 0 Å². The SMILES string of the molecule is Cc1ccc2c(oc3c2ccc2sc(-c4c(C(C)C)cccc4C(C)C)nc23)c1-c1ccc(C(C)(C)C)c[n+]1C. The Morgan fingerprint density at radius 3 is 2.08 bits per heavy atom. The first-order chi connectivity index (χ1) is 19.0. The summed E-state index contributed by atoms with van der Waals surface area (Å²) in [5.74, 6) is 0.839. The maximum atomic E-state index is 6.82. The number of thiazole rings is 1. The van der Waals surface area contributed by atoms with Crippen LogP contribution in [0.4, 0.5) is 0 Å². The summed E-state index contributed by atoms with van der Waals surface area (Å²) in [4.78, 5) is 5.29. The minimum atomic E-state index is 0.0915. The summed E-state index contributed by atoms with van der Waals surface area (Å²) in [5.41, 5.74) is 11.7. The summed E-state index contributed by atoms with van der Waals surface area (Å²) in [6.45, 7) is 18.0. The minimum absolute atomic E-state index is 0.0915. The summed E-state index contributed by atoms with van der Waals surface area (Å²) in [6, 6.07) is 20.0. The van der Waals surface area contributed by atoms with Gasteiger partial charge in [-0.25, -0.2) is 9.55 Å². The van der Waals surface area contributed by atoms with Crippen molar-refractivity contribution < 1.29 is 8.98 Å². The van der Waals surface area contributed by atoms with Crippen molar-refractivity contribution in [2.75, 3.05) is 0 Å². The van der Waals surface area contributed by atoms with E-state index >= 15 is 0 Å². The lowest BCUT2D eigenvalue weighted by atomic mass is 9.88. The predicted octanol–water partition coefficient (Wildman–Crippen LogP) is 10.2. The maximum Gasteiger partial charge on any atom is 0.216 e. The fraction of sp³-hybridized carbons (Fsp3) is 0.333. The van der Waals surface area contributed by atoms with Crippen LogP contribution in [-0.4, -0.2) is 4.98 Å². The van der Waals surface area contributed by atoms with Crippen molar-refractivity contribution in [3.05, 3.63) is 83.0 Å². The van der Waals surface area contributed by atoms with Crippen molar-refractivity contribution in [3.63, 3.8) is 0 Å². The molecule has 4 heteroatoms. The number of furan rings is 1. The predicted molar refractivity (Wildman–Crippen MR) is 171 cm³/mol. The molecule has 40 heavy (non-hydrogen) atoms. The van der Waals surface area contributed by atoms with Crippen LogP contribution in [-0.2, 0) is 12.5 Å². The number of benzene rings is 3. The summed E-state index contributed by atoms with van der Waals surface area (Å²) >= 11 is 1.77. The fourth-order valence-electron chi connectivity index (χ4n) is 5.92. The van der Waals surface area contributed by atoms with E-state index in [2.05, 4.69) is 128 Å². The smallest absolute Gasteiger partial charge is 0.216 e. The number of fused-ring (bicyclic) bond motifs is 5. The summed E-state index contributed by atoms with van der Waals surface area (Å²) in [6.07, 6.45) is 2.25. The van der Waals surface area contributed by atoms with Crippen LogP contribution in [0.15, 0.2) is 65.2 Å². The fourth-order valence-corrected chi connectivity index (χ4v) is 6.97. The molecule has 0 aliphatic carbocycles. The molecule has 3 aromatic heterocycles. The van der Waals surface area contributed by atoms with Crippen LogP contribution < -0.4 is 4.57 Å². The second-order valence-electron chi connectivity index (χ2n) is 12.8. The molecule has 3 nitrogen and oxygen atoms in total. The first kappa shape index (κ1) is 26.7. The Labute approximate surface area is 241 Å². The summed E-state index contributed by atoms with van der Waals surface area (Å²) in [7, 11) is 2.13. The van der Waals surface area contributed by atoms with E-state index < -0.39 is 0 Å². The molecule has 0 saturated carbocycles. The van der Waals surface area contributed by atoms with E-state index in [-0.39, 0.29) is 5.41 Å². The van der Waals surface area contributed by atoms with Crippen molar-refractivity contribution >= 4 is 43.5 Å². The number of rotatable bonds is 4. The molecule has 0 atom stereocenters. The van der Waals surface area contributed by atoms with Gasteiger partial charge in [-0.15, -0.1) is 11.3 Å². The van der Waals surface area contributed by atoms with Crippen molar-refractivity contribution in [1.29, 1.82) is 0 Å². The van der Waals surface area contributed by atoms with Gasteiger partial charge in [-0.1, -0.05) is 78.8 Å². The van der Waals surface area contributed by atoms with Gasteiger partial charge in [-0.05, 0) is 59.1 Å². The molecule has 0 fully saturated rings. The molecule has 204 valence electrons. The van der Waals surface area contributed by atoms with E-state index in [1.807, 2.05) is 0 Å². The molecule has 0 bridgehead atoms. The van der Waals surface area contributed by atoms with Crippen LogP contribution in [0.3, 0.4) is 0 Å². The van der Waals surface area contributed by atoms with Gasteiger partial charge in [-0.3, -0.25) is 0 Å². The van der Waals surface area contributed by atoms with E-state index in [0.29, 0.717) is 11.8 Å². The highest BCUT2D eigenvalue weighted by atomic mass is 32.1. The van der Waals surface area contributed by atoms with Crippen molar-refractivity contribution in [2.24, 2.45) is 7.05 Å². The van der Waals surface area contributed by atoms with Gasteiger partial charge in [0, 0.05) is 28.0 Å². The molecular weight excluding hydrogens is 508 g/mol. The molecule has 0 amide bonds. The van der Waals surface area contributed by atoms with Crippen LogP contribution in [0, 0.1) is 6.92 Å². The first-order valence-corrected chi connectivity index (χ1v) is 15.2. The second kappa shape index (κ2) is 9.55. The zero-order valence-corrected chi connectivity index (χ0v) is 26.0. The summed E-state index contributed by atoms with van der Waals surface area (Å²) < 4.78 is 10.2. The highest BCUT2D eigenvalue weighted by Gasteiger charge is 2.25. The third kappa shape index (κ3) is 4.25. The monoisotopic (exact) mass is 547 g/mol.